The number of pyridine rings is 1. The second kappa shape index (κ2) is 9.09. The van der Waals surface area contributed by atoms with Gasteiger partial charge in [0.15, 0.2) is 11.5 Å². The minimum Gasteiger partial charge on any atom is -0.493 e. The van der Waals surface area contributed by atoms with Crippen molar-refractivity contribution in [2.24, 2.45) is 0 Å². The third kappa shape index (κ3) is 3.96. The summed E-state index contributed by atoms with van der Waals surface area (Å²) in [5, 5.41) is 19.2. The first kappa shape index (κ1) is 22.6. The van der Waals surface area contributed by atoms with Crippen LogP contribution in [-0.4, -0.2) is 12.1 Å². The highest BCUT2D eigenvalue weighted by atomic mass is 19.1. The van der Waals surface area contributed by atoms with E-state index in [0.29, 0.717) is 33.9 Å². The number of halogens is 1. The van der Waals surface area contributed by atoms with Crippen molar-refractivity contribution >= 4 is 23.0 Å². The molecule has 0 spiro atoms. The van der Waals surface area contributed by atoms with Gasteiger partial charge in [-0.3, -0.25) is 0 Å². The van der Waals surface area contributed by atoms with Crippen molar-refractivity contribution < 1.29 is 13.9 Å². The zero-order chi connectivity index (χ0) is 24.4. The predicted octanol–water partition coefficient (Wildman–Crippen LogP) is 5.42. The van der Waals surface area contributed by atoms with E-state index in [-0.39, 0.29) is 18.2 Å². The van der Waals surface area contributed by atoms with E-state index in [2.05, 4.69) is 17.1 Å². The van der Waals surface area contributed by atoms with Crippen LogP contribution in [-0.2, 0) is 6.61 Å². The van der Waals surface area contributed by atoms with Crippen molar-refractivity contribution in [3.63, 3.8) is 0 Å². The van der Waals surface area contributed by atoms with E-state index in [4.69, 9.17) is 15.2 Å². The van der Waals surface area contributed by atoms with Gasteiger partial charge in [-0.25, -0.2) is 9.37 Å². The molecule has 0 unspecified atom stereocenters. The summed E-state index contributed by atoms with van der Waals surface area (Å²) in [6.45, 7) is 3.93. The smallest absolute Gasteiger partial charge is 0.161 e. The van der Waals surface area contributed by atoms with E-state index in [0.717, 1.165) is 27.8 Å². The predicted molar refractivity (Wildman–Crippen MR) is 128 cm³/mol. The van der Waals surface area contributed by atoms with Crippen LogP contribution in [0.5, 0.6) is 11.5 Å². The van der Waals surface area contributed by atoms with Gasteiger partial charge < -0.3 is 15.2 Å². The summed E-state index contributed by atoms with van der Waals surface area (Å²) >= 11 is 0. The fourth-order valence-corrected chi connectivity index (χ4v) is 4.00. The van der Waals surface area contributed by atoms with Gasteiger partial charge in [-0.1, -0.05) is 18.2 Å². The lowest BCUT2D eigenvalue weighted by Gasteiger charge is -2.13. The number of rotatable bonds is 5. The number of anilines is 1. The quantitative estimate of drug-likeness (QED) is 0.554. The first-order valence-corrected chi connectivity index (χ1v) is 10.5. The highest BCUT2D eigenvalue weighted by Gasteiger charge is 2.29. The number of allylic oxidation sites excluding steroid dienone is 3. The lowest BCUT2D eigenvalue weighted by atomic mass is 9.95. The summed E-state index contributed by atoms with van der Waals surface area (Å²) in [6, 6.07) is 15.9. The number of aromatic nitrogens is 1. The van der Waals surface area contributed by atoms with Gasteiger partial charge in [0.05, 0.1) is 23.9 Å². The molecular formula is C27H21FN4O2. The maximum Gasteiger partial charge on any atom is 0.161 e. The average Bonchev–Trinajstić information content (AvgIpc) is 3.09. The molecule has 2 aromatic carbocycles. The molecule has 4 rings (SSSR count). The van der Waals surface area contributed by atoms with Gasteiger partial charge in [0.2, 0.25) is 0 Å². The Morgan fingerprint density at radius 1 is 1.06 bits per heavy atom. The molecule has 0 saturated heterocycles. The Kier molecular flexibility index (Phi) is 6.03. The van der Waals surface area contributed by atoms with Crippen LogP contribution in [0.2, 0.25) is 0 Å². The Balaban J connectivity index is 1.72. The topological polar surface area (TPSA) is 105 Å². The van der Waals surface area contributed by atoms with Gasteiger partial charge in [0, 0.05) is 5.56 Å². The monoisotopic (exact) mass is 452 g/mol. The third-order valence-electron chi connectivity index (χ3n) is 5.79. The van der Waals surface area contributed by atoms with Crippen molar-refractivity contribution in [1.29, 1.82) is 10.5 Å². The summed E-state index contributed by atoms with van der Waals surface area (Å²) in [4.78, 5) is 4.35. The molecule has 1 aromatic heterocycles. The van der Waals surface area contributed by atoms with Crippen LogP contribution in [0.15, 0.2) is 48.0 Å². The molecule has 7 heteroatoms. The number of methoxy groups -OCH3 is 1. The number of benzene rings is 2. The molecule has 0 amide bonds. The van der Waals surface area contributed by atoms with Crippen molar-refractivity contribution in [3.8, 4) is 23.6 Å². The normalized spacial score (nSPS) is 13.4. The minimum absolute atomic E-state index is 0.116. The summed E-state index contributed by atoms with van der Waals surface area (Å²) < 4.78 is 24.5. The molecule has 0 fully saturated rings. The fraction of sp³-hybridized carbons (Fsp3) is 0.148. The van der Waals surface area contributed by atoms with Crippen molar-refractivity contribution in [1.82, 2.24) is 4.98 Å². The van der Waals surface area contributed by atoms with Crippen molar-refractivity contribution in [3.05, 3.63) is 87.4 Å². The van der Waals surface area contributed by atoms with Crippen LogP contribution in [0.4, 0.5) is 10.2 Å². The summed E-state index contributed by atoms with van der Waals surface area (Å²) in [5.74, 6) is 0.890. The second-order valence-electron chi connectivity index (χ2n) is 7.83. The van der Waals surface area contributed by atoms with Gasteiger partial charge in [-0.2, -0.15) is 10.5 Å². The van der Waals surface area contributed by atoms with E-state index < -0.39 is 0 Å². The molecular weight excluding hydrogens is 431 g/mol. The Bertz CT molecular complexity index is 1440. The van der Waals surface area contributed by atoms with E-state index in [1.54, 1.807) is 25.3 Å². The van der Waals surface area contributed by atoms with Crippen molar-refractivity contribution in [2.45, 2.75) is 20.5 Å². The standard InChI is InChI=1S/C27H21FN4O2/c1-15-20(25-16(2)22(13-30)27(31)32-26(25)21(15)12-29)10-18-6-9-23(24(11-18)33-3)34-14-17-4-7-19(28)8-5-17/h4-11H,14H2,1-3H3,(H2,31,32)/b20-10-. The molecule has 0 aliphatic heterocycles. The molecule has 3 aromatic rings. The van der Waals surface area contributed by atoms with Crippen LogP contribution < -0.4 is 15.2 Å². The number of nitriles is 2. The molecule has 34 heavy (non-hydrogen) atoms. The Morgan fingerprint density at radius 3 is 2.44 bits per heavy atom. The highest BCUT2D eigenvalue weighted by Crippen LogP contribution is 2.44. The lowest BCUT2D eigenvalue weighted by molar-refractivity contribution is 0.284. The van der Waals surface area contributed by atoms with Gasteiger partial charge in [-0.05, 0) is 72.0 Å². The number of hydrogen-bond donors (Lipinski definition) is 1. The average molecular weight is 452 g/mol. The molecule has 0 atom stereocenters. The SMILES string of the molecule is COc1cc(/C=C2/C(C)=C(C#N)c3nc(N)c(C#N)c(C)c32)ccc1OCc1ccc(F)cc1. The third-order valence-corrected chi connectivity index (χ3v) is 5.79. The van der Waals surface area contributed by atoms with Gasteiger partial charge in [-0.15, -0.1) is 0 Å². The molecule has 0 radical (unpaired) electrons. The van der Waals surface area contributed by atoms with Crippen LogP contribution in [0, 0.1) is 35.4 Å². The number of ether oxygens (including phenoxy) is 2. The number of nitrogen functional groups attached to an aromatic ring is 1. The van der Waals surface area contributed by atoms with Crippen molar-refractivity contribution in [2.75, 3.05) is 12.8 Å². The van der Waals surface area contributed by atoms with Crippen LogP contribution >= 0.6 is 0 Å². The minimum atomic E-state index is -0.300. The molecule has 1 aliphatic rings. The van der Waals surface area contributed by atoms with Gasteiger partial charge in [0.1, 0.15) is 30.4 Å². The number of nitrogens with two attached hydrogens (primary N) is 1. The summed E-state index contributed by atoms with van der Waals surface area (Å²) in [7, 11) is 1.55. The van der Waals surface area contributed by atoms with E-state index >= 15 is 0 Å². The van der Waals surface area contributed by atoms with Crippen LogP contribution in [0.25, 0.3) is 17.2 Å². The van der Waals surface area contributed by atoms with E-state index in [9.17, 15) is 14.9 Å². The maximum atomic E-state index is 13.1. The molecule has 168 valence electrons. The molecule has 0 bridgehead atoms. The molecule has 1 heterocycles. The van der Waals surface area contributed by atoms with E-state index in [1.807, 2.05) is 32.1 Å². The zero-order valence-electron chi connectivity index (χ0n) is 18.9. The maximum absolute atomic E-state index is 13.1. The first-order valence-electron chi connectivity index (χ1n) is 10.5. The number of hydrogen-bond acceptors (Lipinski definition) is 6. The second-order valence-corrected chi connectivity index (χ2v) is 7.83. The Hall–Kier alpha value is -4.62. The Morgan fingerprint density at radius 2 is 1.79 bits per heavy atom. The summed E-state index contributed by atoms with van der Waals surface area (Å²) in [6.07, 6.45) is 1.93. The molecule has 0 saturated carbocycles. The molecule has 1 aliphatic carbocycles. The number of nitrogens with zero attached hydrogens (tertiary/aromatic N) is 3. The molecule has 2 N–H and O–H groups in total. The largest absolute Gasteiger partial charge is 0.493 e. The lowest BCUT2D eigenvalue weighted by Crippen LogP contribution is -2.03. The van der Waals surface area contributed by atoms with Gasteiger partial charge in [0.25, 0.3) is 0 Å². The highest BCUT2D eigenvalue weighted by molar-refractivity contribution is 6.08. The fourth-order valence-electron chi connectivity index (χ4n) is 4.00. The summed E-state index contributed by atoms with van der Waals surface area (Å²) in [5.41, 5.74) is 11.8. The van der Waals surface area contributed by atoms with E-state index in [1.165, 1.54) is 12.1 Å². The zero-order valence-corrected chi connectivity index (χ0v) is 18.9. The van der Waals surface area contributed by atoms with Crippen LogP contribution in [0.3, 0.4) is 0 Å². The Labute approximate surface area is 197 Å². The molecule has 6 nitrogen and oxygen atoms in total. The number of fused-ring (bicyclic) bond motifs is 1. The van der Waals surface area contributed by atoms with Gasteiger partial charge >= 0.3 is 0 Å². The van der Waals surface area contributed by atoms with Crippen LogP contribution in [0.1, 0.15) is 40.4 Å². The first-order chi connectivity index (χ1) is 16.4.